The quantitative estimate of drug-likeness (QED) is 0.810. The summed E-state index contributed by atoms with van der Waals surface area (Å²) >= 11 is 0. The fraction of sp³-hybridized carbons (Fsp3) is 0.300. The van der Waals surface area contributed by atoms with Crippen LogP contribution in [0.4, 0.5) is 0 Å². The van der Waals surface area contributed by atoms with Gasteiger partial charge in [0.05, 0.1) is 11.8 Å². The largest absolute Gasteiger partial charge is 0.476 e. The molecule has 2 aromatic rings. The van der Waals surface area contributed by atoms with Crippen molar-refractivity contribution in [3.63, 3.8) is 0 Å². The van der Waals surface area contributed by atoms with E-state index in [0.717, 1.165) is 0 Å². The van der Waals surface area contributed by atoms with Gasteiger partial charge in [-0.2, -0.15) is 0 Å². The van der Waals surface area contributed by atoms with Crippen LogP contribution < -0.4 is 0 Å². The third-order valence-electron chi connectivity index (χ3n) is 2.24. The number of carboxylic acids is 1. The number of hydrogen-bond donors (Lipinski definition) is 1. The molecule has 0 spiro atoms. The van der Waals surface area contributed by atoms with E-state index in [1.54, 1.807) is 12.4 Å². The van der Waals surface area contributed by atoms with Gasteiger partial charge in [-0.3, -0.25) is 0 Å². The van der Waals surface area contributed by atoms with Crippen LogP contribution in [0, 0.1) is 0 Å². The summed E-state index contributed by atoms with van der Waals surface area (Å²) in [7, 11) is 0. The van der Waals surface area contributed by atoms with Gasteiger partial charge in [0, 0.05) is 12.2 Å². The topological polar surface area (TPSA) is 68.0 Å². The van der Waals surface area contributed by atoms with Crippen molar-refractivity contribution in [2.24, 2.45) is 0 Å². The molecule has 0 aliphatic carbocycles. The van der Waals surface area contributed by atoms with Gasteiger partial charge in [0.15, 0.2) is 5.69 Å². The highest BCUT2D eigenvalue weighted by atomic mass is 16.4. The first kappa shape index (κ1) is 9.64. The van der Waals surface area contributed by atoms with Gasteiger partial charge in [-0.05, 0) is 19.9 Å². The maximum atomic E-state index is 11.0. The number of hydrogen-bond acceptors (Lipinski definition) is 3. The molecule has 0 aliphatic heterocycles. The predicted molar refractivity (Wildman–Crippen MR) is 54.9 cm³/mol. The molecular weight excluding hydrogens is 194 g/mol. The molecule has 0 radical (unpaired) electrons. The van der Waals surface area contributed by atoms with E-state index in [2.05, 4.69) is 9.97 Å². The molecule has 0 aromatic carbocycles. The van der Waals surface area contributed by atoms with E-state index in [1.165, 1.54) is 6.20 Å². The van der Waals surface area contributed by atoms with Crippen LogP contribution in [0.5, 0.6) is 0 Å². The minimum atomic E-state index is -1.02. The van der Waals surface area contributed by atoms with Gasteiger partial charge in [-0.1, -0.05) is 0 Å². The van der Waals surface area contributed by atoms with Crippen LogP contribution in [0.25, 0.3) is 11.0 Å². The summed E-state index contributed by atoms with van der Waals surface area (Å²) in [6, 6.07) is 1.87. The van der Waals surface area contributed by atoms with Crippen LogP contribution >= 0.6 is 0 Å². The van der Waals surface area contributed by atoms with Crippen molar-refractivity contribution >= 4 is 17.0 Å². The van der Waals surface area contributed by atoms with Gasteiger partial charge in [-0.15, -0.1) is 0 Å². The Kier molecular flexibility index (Phi) is 2.15. The lowest BCUT2D eigenvalue weighted by atomic mass is 10.2. The highest BCUT2D eigenvalue weighted by Gasteiger charge is 2.15. The summed E-state index contributed by atoms with van der Waals surface area (Å²) < 4.78 is 1.81. The monoisotopic (exact) mass is 205 g/mol. The first-order valence-corrected chi connectivity index (χ1v) is 4.66. The summed E-state index contributed by atoms with van der Waals surface area (Å²) in [5, 5.41) is 9.00. The summed E-state index contributed by atoms with van der Waals surface area (Å²) in [6.07, 6.45) is 3.10. The molecule has 0 saturated heterocycles. The summed E-state index contributed by atoms with van der Waals surface area (Å²) in [5.41, 5.74) is 1.30. The molecule has 0 unspecified atom stereocenters. The number of aromatic nitrogens is 3. The minimum Gasteiger partial charge on any atom is -0.476 e. The van der Waals surface area contributed by atoms with E-state index < -0.39 is 5.97 Å². The molecule has 0 aliphatic rings. The SMILES string of the molecule is CC(C)n1cnc2ccnc(C(=O)O)c21. The van der Waals surface area contributed by atoms with Gasteiger partial charge in [0.25, 0.3) is 0 Å². The van der Waals surface area contributed by atoms with Crippen LogP contribution in [-0.2, 0) is 0 Å². The number of imidazole rings is 1. The van der Waals surface area contributed by atoms with Crippen LogP contribution in [0.1, 0.15) is 30.4 Å². The van der Waals surface area contributed by atoms with E-state index in [4.69, 9.17) is 5.11 Å². The lowest BCUT2D eigenvalue weighted by Crippen LogP contribution is -2.06. The zero-order chi connectivity index (χ0) is 11.0. The third-order valence-corrected chi connectivity index (χ3v) is 2.24. The van der Waals surface area contributed by atoms with Gasteiger partial charge >= 0.3 is 5.97 Å². The summed E-state index contributed by atoms with van der Waals surface area (Å²) in [5.74, 6) is -1.02. The Labute approximate surface area is 86.4 Å². The molecule has 0 saturated carbocycles. The molecule has 0 bridgehead atoms. The fourth-order valence-corrected chi connectivity index (χ4v) is 1.53. The number of carboxylic acid groups (broad SMARTS) is 1. The maximum absolute atomic E-state index is 11.0. The van der Waals surface area contributed by atoms with Crippen molar-refractivity contribution in [1.82, 2.24) is 14.5 Å². The first-order valence-electron chi connectivity index (χ1n) is 4.66. The molecule has 0 fully saturated rings. The predicted octanol–water partition coefficient (Wildman–Crippen LogP) is 1.71. The van der Waals surface area contributed by atoms with Gasteiger partial charge < -0.3 is 9.67 Å². The minimum absolute atomic E-state index is 0.0544. The van der Waals surface area contributed by atoms with E-state index in [9.17, 15) is 4.79 Å². The molecule has 2 aromatic heterocycles. The fourth-order valence-electron chi connectivity index (χ4n) is 1.53. The third kappa shape index (κ3) is 1.45. The molecule has 5 nitrogen and oxygen atoms in total. The lowest BCUT2D eigenvalue weighted by Gasteiger charge is -2.08. The number of pyridine rings is 1. The number of rotatable bonds is 2. The van der Waals surface area contributed by atoms with Gasteiger partial charge in [0.2, 0.25) is 0 Å². The Hall–Kier alpha value is -1.91. The zero-order valence-electron chi connectivity index (χ0n) is 8.51. The average Bonchev–Trinajstić information content (AvgIpc) is 2.60. The Morgan fingerprint density at radius 2 is 2.20 bits per heavy atom. The van der Waals surface area contributed by atoms with Crippen LogP contribution in [-0.4, -0.2) is 25.6 Å². The van der Waals surface area contributed by atoms with E-state index in [-0.39, 0.29) is 11.7 Å². The molecular formula is C10H11N3O2. The number of nitrogens with zero attached hydrogens (tertiary/aromatic N) is 3. The van der Waals surface area contributed by atoms with Crippen LogP contribution in [0.15, 0.2) is 18.6 Å². The Bertz CT molecular complexity index is 516. The van der Waals surface area contributed by atoms with Crippen molar-refractivity contribution in [1.29, 1.82) is 0 Å². The Morgan fingerprint density at radius 3 is 2.80 bits per heavy atom. The molecule has 5 heteroatoms. The second-order valence-corrected chi connectivity index (χ2v) is 3.58. The summed E-state index contributed by atoms with van der Waals surface area (Å²) in [4.78, 5) is 19.0. The van der Waals surface area contributed by atoms with Crippen molar-refractivity contribution in [2.75, 3.05) is 0 Å². The first-order chi connectivity index (χ1) is 7.11. The van der Waals surface area contributed by atoms with E-state index in [1.807, 2.05) is 18.4 Å². The molecule has 0 atom stereocenters. The van der Waals surface area contributed by atoms with Crippen LogP contribution in [0.2, 0.25) is 0 Å². The lowest BCUT2D eigenvalue weighted by molar-refractivity contribution is 0.0692. The second-order valence-electron chi connectivity index (χ2n) is 3.58. The molecule has 2 heterocycles. The molecule has 78 valence electrons. The van der Waals surface area contributed by atoms with Crippen molar-refractivity contribution < 1.29 is 9.90 Å². The normalized spacial score (nSPS) is 11.1. The van der Waals surface area contributed by atoms with Crippen LogP contribution in [0.3, 0.4) is 0 Å². The Balaban J connectivity index is 2.80. The van der Waals surface area contributed by atoms with Gasteiger partial charge in [-0.25, -0.2) is 14.8 Å². The van der Waals surface area contributed by atoms with Gasteiger partial charge in [0.1, 0.15) is 5.52 Å². The van der Waals surface area contributed by atoms with E-state index >= 15 is 0 Å². The highest BCUT2D eigenvalue weighted by molar-refractivity contribution is 5.98. The smallest absolute Gasteiger partial charge is 0.356 e. The average molecular weight is 205 g/mol. The summed E-state index contributed by atoms with van der Waals surface area (Å²) in [6.45, 7) is 3.94. The Morgan fingerprint density at radius 1 is 1.47 bits per heavy atom. The molecule has 2 rings (SSSR count). The second kappa shape index (κ2) is 3.34. The zero-order valence-corrected chi connectivity index (χ0v) is 8.51. The molecule has 0 amide bonds. The van der Waals surface area contributed by atoms with Crippen molar-refractivity contribution in [2.45, 2.75) is 19.9 Å². The number of fused-ring (bicyclic) bond motifs is 1. The molecule has 15 heavy (non-hydrogen) atoms. The molecule has 1 N–H and O–H groups in total. The highest BCUT2D eigenvalue weighted by Crippen LogP contribution is 2.19. The maximum Gasteiger partial charge on any atom is 0.356 e. The number of carbonyl (C=O) groups is 1. The van der Waals surface area contributed by atoms with E-state index in [0.29, 0.717) is 11.0 Å². The van der Waals surface area contributed by atoms with Crippen molar-refractivity contribution in [3.05, 3.63) is 24.3 Å². The van der Waals surface area contributed by atoms with Crippen molar-refractivity contribution in [3.8, 4) is 0 Å². The standard InChI is InChI=1S/C10H11N3O2/c1-6(2)13-5-12-7-3-4-11-8(9(7)13)10(14)15/h3-6H,1-2H3,(H,14,15). The number of aromatic carboxylic acids is 1.